The Hall–Kier alpha value is -3.48. The quantitative estimate of drug-likeness (QED) is 0.751. The third-order valence-corrected chi connectivity index (χ3v) is 4.58. The van der Waals surface area contributed by atoms with Gasteiger partial charge in [0.05, 0.1) is 22.4 Å². The maximum atomic E-state index is 13.0. The Labute approximate surface area is 162 Å². The Morgan fingerprint density at radius 2 is 1.50 bits per heavy atom. The Balaban J connectivity index is 1.94. The number of amides is 4. The maximum Gasteiger partial charge on any atom is 0.262 e. The molecular weight excluding hydrogens is 358 g/mol. The molecule has 2 aromatic carbocycles. The van der Waals surface area contributed by atoms with Gasteiger partial charge in [0.1, 0.15) is 6.04 Å². The van der Waals surface area contributed by atoms with Crippen LogP contribution in [0.2, 0.25) is 0 Å². The molecule has 7 heteroatoms. The summed E-state index contributed by atoms with van der Waals surface area (Å²) in [6, 6.07) is 11.8. The monoisotopic (exact) mass is 379 g/mol. The number of nitrogens with zero attached hydrogens (tertiary/aromatic N) is 1. The molecule has 0 aliphatic carbocycles. The number of rotatable bonds is 6. The summed E-state index contributed by atoms with van der Waals surface area (Å²) in [6.45, 7) is 3.80. The molecule has 144 valence electrons. The molecule has 1 heterocycles. The van der Waals surface area contributed by atoms with Crippen molar-refractivity contribution in [2.45, 2.75) is 26.3 Å². The number of nitrogens with two attached hydrogens (primary N) is 1. The summed E-state index contributed by atoms with van der Waals surface area (Å²) in [7, 11) is 0. The van der Waals surface area contributed by atoms with E-state index in [0.717, 1.165) is 4.90 Å². The summed E-state index contributed by atoms with van der Waals surface area (Å²) in [5.41, 5.74) is 6.33. The lowest BCUT2D eigenvalue weighted by Gasteiger charge is -2.27. The molecule has 7 nitrogen and oxygen atoms in total. The molecule has 1 atom stereocenters. The molecule has 0 radical (unpaired) electrons. The fourth-order valence-corrected chi connectivity index (χ4v) is 3.29. The van der Waals surface area contributed by atoms with Crippen molar-refractivity contribution >= 4 is 29.3 Å². The van der Waals surface area contributed by atoms with Crippen LogP contribution in [0.1, 0.15) is 51.3 Å². The highest BCUT2D eigenvalue weighted by Gasteiger charge is 2.42. The zero-order chi connectivity index (χ0) is 20.4. The van der Waals surface area contributed by atoms with E-state index in [1.807, 2.05) is 13.8 Å². The number of fused-ring (bicyclic) bond motifs is 1. The summed E-state index contributed by atoms with van der Waals surface area (Å²) < 4.78 is 0. The summed E-state index contributed by atoms with van der Waals surface area (Å²) in [5, 5.41) is 2.66. The van der Waals surface area contributed by atoms with E-state index in [1.54, 1.807) is 42.5 Å². The van der Waals surface area contributed by atoms with E-state index in [0.29, 0.717) is 0 Å². The summed E-state index contributed by atoms with van der Waals surface area (Å²) in [4.78, 5) is 51.3. The molecule has 0 bridgehead atoms. The molecule has 3 rings (SSSR count). The van der Waals surface area contributed by atoms with Crippen molar-refractivity contribution < 1.29 is 19.2 Å². The minimum absolute atomic E-state index is 0.0476. The van der Waals surface area contributed by atoms with Gasteiger partial charge in [-0.2, -0.15) is 0 Å². The molecule has 3 N–H and O–H groups in total. The molecular formula is C21H21N3O4. The van der Waals surface area contributed by atoms with Crippen LogP contribution in [0.4, 0.5) is 5.69 Å². The normalized spacial score (nSPS) is 14.2. The number of hydrogen-bond donors (Lipinski definition) is 2. The first-order chi connectivity index (χ1) is 13.3. The second kappa shape index (κ2) is 7.64. The third-order valence-electron chi connectivity index (χ3n) is 4.58. The molecule has 0 aromatic heterocycles. The van der Waals surface area contributed by atoms with E-state index in [9.17, 15) is 19.2 Å². The lowest BCUT2D eigenvalue weighted by Crippen LogP contribution is -2.48. The SMILES string of the molecule is CC(C)C[C@H](C(=O)Nc1ccccc1C(N)=O)N1C(=O)c2ccccc2C1=O. The number of nitrogens with one attached hydrogen (secondary N) is 1. The fourth-order valence-electron chi connectivity index (χ4n) is 3.29. The minimum atomic E-state index is -1.01. The minimum Gasteiger partial charge on any atom is -0.366 e. The van der Waals surface area contributed by atoms with Gasteiger partial charge in [-0.1, -0.05) is 38.1 Å². The van der Waals surface area contributed by atoms with E-state index in [1.165, 1.54) is 6.07 Å². The van der Waals surface area contributed by atoms with Crippen LogP contribution in [0.15, 0.2) is 48.5 Å². The number of hydrogen-bond acceptors (Lipinski definition) is 4. The van der Waals surface area contributed by atoms with E-state index < -0.39 is 29.7 Å². The molecule has 4 amide bonds. The third kappa shape index (κ3) is 3.51. The molecule has 0 spiro atoms. The van der Waals surface area contributed by atoms with Crippen LogP contribution in [0.3, 0.4) is 0 Å². The van der Waals surface area contributed by atoms with E-state index in [2.05, 4.69) is 5.32 Å². The van der Waals surface area contributed by atoms with Gasteiger partial charge in [0.2, 0.25) is 5.91 Å². The molecule has 0 unspecified atom stereocenters. The predicted octanol–water partition coefficient (Wildman–Crippen LogP) is 2.43. The average molecular weight is 379 g/mol. The van der Waals surface area contributed by atoms with Gasteiger partial charge in [-0.05, 0) is 36.6 Å². The summed E-state index contributed by atoms with van der Waals surface area (Å²) >= 11 is 0. The van der Waals surface area contributed by atoms with Crippen LogP contribution in [0, 0.1) is 5.92 Å². The number of para-hydroxylation sites is 1. The van der Waals surface area contributed by atoms with Gasteiger partial charge in [0.25, 0.3) is 17.7 Å². The Bertz CT molecular complexity index is 933. The van der Waals surface area contributed by atoms with Gasteiger partial charge >= 0.3 is 0 Å². The van der Waals surface area contributed by atoms with Gasteiger partial charge < -0.3 is 11.1 Å². The van der Waals surface area contributed by atoms with Gasteiger partial charge in [0.15, 0.2) is 0 Å². The van der Waals surface area contributed by atoms with Crippen LogP contribution in [-0.4, -0.2) is 34.6 Å². The first-order valence-electron chi connectivity index (χ1n) is 8.98. The van der Waals surface area contributed by atoms with E-state index in [4.69, 9.17) is 5.73 Å². The molecule has 1 aliphatic heterocycles. The van der Waals surface area contributed by atoms with Crippen LogP contribution < -0.4 is 11.1 Å². The van der Waals surface area contributed by atoms with Crippen LogP contribution >= 0.6 is 0 Å². The topological polar surface area (TPSA) is 110 Å². The number of anilines is 1. The number of carbonyl (C=O) groups excluding carboxylic acids is 4. The Morgan fingerprint density at radius 3 is 2.04 bits per heavy atom. The van der Waals surface area contributed by atoms with Crippen molar-refractivity contribution in [1.29, 1.82) is 0 Å². The van der Waals surface area contributed by atoms with Crippen LogP contribution in [0.25, 0.3) is 0 Å². The lowest BCUT2D eigenvalue weighted by molar-refractivity contribution is -0.120. The van der Waals surface area contributed by atoms with Crippen molar-refractivity contribution in [3.8, 4) is 0 Å². The molecule has 0 fully saturated rings. The van der Waals surface area contributed by atoms with Crippen molar-refractivity contribution in [1.82, 2.24) is 4.90 Å². The fraction of sp³-hybridized carbons (Fsp3) is 0.238. The Morgan fingerprint density at radius 1 is 0.964 bits per heavy atom. The van der Waals surface area contributed by atoms with Gasteiger partial charge in [0, 0.05) is 0 Å². The standard InChI is InChI=1S/C21H21N3O4/c1-12(2)11-17(19(26)23-16-10-6-5-9-15(16)18(22)25)24-20(27)13-7-3-4-8-14(13)21(24)28/h3-10,12,17H,11H2,1-2H3,(H2,22,25)(H,23,26)/t17-/m1/s1. The highest BCUT2D eigenvalue weighted by atomic mass is 16.2. The van der Waals surface area contributed by atoms with Crippen molar-refractivity contribution in [2.24, 2.45) is 11.7 Å². The highest BCUT2D eigenvalue weighted by molar-refractivity contribution is 6.23. The molecule has 0 saturated heterocycles. The van der Waals surface area contributed by atoms with Crippen LogP contribution in [0.5, 0.6) is 0 Å². The largest absolute Gasteiger partial charge is 0.366 e. The van der Waals surface area contributed by atoms with Crippen molar-refractivity contribution in [3.63, 3.8) is 0 Å². The van der Waals surface area contributed by atoms with E-state index in [-0.39, 0.29) is 34.7 Å². The number of carbonyl (C=O) groups is 4. The predicted molar refractivity (Wildman–Crippen MR) is 104 cm³/mol. The summed E-state index contributed by atoms with van der Waals surface area (Å²) in [6.07, 6.45) is 0.288. The molecule has 2 aromatic rings. The molecule has 0 saturated carbocycles. The van der Waals surface area contributed by atoms with Crippen molar-refractivity contribution in [3.05, 3.63) is 65.2 Å². The molecule has 1 aliphatic rings. The first kappa shape index (κ1) is 19.3. The highest BCUT2D eigenvalue weighted by Crippen LogP contribution is 2.28. The maximum absolute atomic E-state index is 13.0. The first-order valence-corrected chi connectivity index (χ1v) is 8.98. The lowest BCUT2D eigenvalue weighted by atomic mass is 10.0. The van der Waals surface area contributed by atoms with Crippen LogP contribution in [-0.2, 0) is 4.79 Å². The number of primary amides is 1. The second-order valence-corrected chi connectivity index (χ2v) is 7.07. The number of benzene rings is 2. The second-order valence-electron chi connectivity index (χ2n) is 7.07. The smallest absolute Gasteiger partial charge is 0.262 e. The van der Waals surface area contributed by atoms with Gasteiger partial charge in [-0.25, -0.2) is 0 Å². The van der Waals surface area contributed by atoms with Gasteiger partial charge in [-0.15, -0.1) is 0 Å². The number of imide groups is 1. The average Bonchev–Trinajstić information content (AvgIpc) is 2.91. The van der Waals surface area contributed by atoms with Crippen molar-refractivity contribution in [2.75, 3.05) is 5.32 Å². The van der Waals surface area contributed by atoms with E-state index >= 15 is 0 Å². The zero-order valence-electron chi connectivity index (χ0n) is 15.6. The summed E-state index contributed by atoms with van der Waals surface area (Å²) in [5.74, 6) is -2.17. The van der Waals surface area contributed by atoms with Gasteiger partial charge in [-0.3, -0.25) is 24.1 Å². The zero-order valence-corrected chi connectivity index (χ0v) is 15.6. The Kier molecular flexibility index (Phi) is 5.26. The molecule has 28 heavy (non-hydrogen) atoms.